The number of nitrogens with one attached hydrogen (secondary N) is 1. The van der Waals surface area contributed by atoms with E-state index in [-0.39, 0.29) is 30.7 Å². The zero-order valence-corrected chi connectivity index (χ0v) is 10.4. The molecule has 0 aromatic carbocycles. The topological polar surface area (TPSA) is 135 Å². The summed E-state index contributed by atoms with van der Waals surface area (Å²) in [5, 5.41) is 10.7. The van der Waals surface area contributed by atoms with Gasteiger partial charge < -0.3 is 14.2 Å². The molecule has 0 aliphatic rings. The lowest BCUT2D eigenvalue weighted by Crippen LogP contribution is -2.14. The number of ether oxygens (including phenoxy) is 3. The average Bonchev–Trinajstić information content (AvgIpc) is 2.42. The molecule has 1 rings (SSSR count). The lowest BCUT2D eigenvalue weighted by molar-refractivity contribution is -0.386. The van der Waals surface area contributed by atoms with Crippen LogP contribution in [0.25, 0.3) is 0 Å². The first-order valence-electron chi connectivity index (χ1n) is 5.36. The van der Waals surface area contributed by atoms with Crippen molar-refractivity contribution in [1.82, 2.24) is 9.97 Å². The van der Waals surface area contributed by atoms with Gasteiger partial charge in [0.05, 0.1) is 24.7 Å². The maximum absolute atomic E-state index is 10.7. The maximum atomic E-state index is 10.7. The van der Waals surface area contributed by atoms with Crippen LogP contribution in [-0.2, 0) is 9.47 Å². The lowest BCUT2D eigenvalue weighted by atomic mass is 10.5. The number of nitrogens with two attached hydrogens (primary N) is 1. The maximum Gasteiger partial charge on any atom is 0.349 e. The molecule has 0 radical (unpaired) electrons. The normalized spacial score (nSPS) is 10.2. The summed E-state index contributed by atoms with van der Waals surface area (Å²) in [5.41, 5.74) is 1.84. The number of hydrazine groups is 1. The van der Waals surface area contributed by atoms with Gasteiger partial charge >= 0.3 is 5.69 Å². The summed E-state index contributed by atoms with van der Waals surface area (Å²) >= 11 is 0. The minimum Gasteiger partial charge on any atom is -0.470 e. The van der Waals surface area contributed by atoms with Crippen molar-refractivity contribution in [1.29, 1.82) is 0 Å². The van der Waals surface area contributed by atoms with Gasteiger partial charge in [0, 0.05) is 7.11 Å². The van der Waals surface area contributed by atoms with Crippen LogP contribution in [0.4, 0.5) is 11.6 Å². The van der Waals surface area contributed by atoms with Crippen molar-refractivity contribution in [2.45, 2.75) is 0 Å². The Hall–Kier alpha value is -2.04. The Morgan fingerprint density at radius 2 is 2.16 bits per heavy atom. The highest BCUT2D eigenvalue weighted by atomic mass is 16.6. The van der Waals surface area contributed by atoms with E-state index in [2.05, 4.69) is 15.4 Å². The molecule has 106 valence electrons. The van der Waals surface area contributed by atoms with E-state index in [0.717, 1.165) is 6.20 Å². The van der Waals surface area contributed by atoms with Gasteiger partial charge in [-0.3, -0.25) is 15.5 Å². The highest BCUT2D eigenvalue weighted by molar-refractivity contribution is 5.42. The number of anilines is 1. The fourth-order valence-corrected chi connectivity index (χ4v) is 1.10. The summed E-state index contributed by atoms with van der Waals surface area (Å²) in [6, 6.07) is 0. The Morgan fingerprint density at radius 3 is 2.79 bits per heavy atom. The second kappa shape index (κ2) is 8.13. The second-order valence-electron chi connectivity index (χ2n) is 3.24. The lowest BCUT2D eigenvalue weighted by Gasteiger charge is -2.07. The molecular weight excluding hydrogens is 258 g/mol. The predicted molar refractivity (Wildman–Crippen MR) is 64.7 cm³/mol. The molecule has 0 spiro atoms. The SMILES string of the molecule is COCCOCCOc1nc(NN)ncc1[N+](=O)[O-]. The third kappa shape index (κ3) is 4.99. The van der Waals surface area contributed by atoms with Gasteiger partial charge in [-0.15, -0.1) is 0 Å². The Morgan fingerprint density at radius 1 is 1.42 bits per heavy atom. The molecule has 0 bridgehead atoms. The predicted octanol–water partition coefficient (Wildman–Crippen LogP) is -0.288. The van der Waals surface area contributed by atoms with E-state index in [1.807, 2.05) is 0 Å². The minimum absolute atomic E-state index is 0.0286. The molecule has 1 heterocycles. The van der Waals surface area contributed by atoms with Crippen LogP contribution in [0.1, 0.15) is 0 Å². The third-order valence-electron chi connectivity index (χ3n) is 1.96. The van der Waals surface area contributed by atoms with Crippen LogP contribution in [0.5, 0.6) is 5.88 Å². The molecule has 0 amide bonds. The number of methoxy groups -OCH3 is 1. The summed E-state index contributed by atoms with van der Waals surface area (Å²) in [4.78, 5) is 17.5. The molecule has 19 heavy (non-hydrogen) atoms. The monoisotopic (exact) mass is 273 g/mol. The Balaban J connectivity index is 2.52. The van der Waals surface area contributed by atoms with Crippen molar-refractivity contribution in [3.05, 3.63) is 16.3 Å². The van der Waals surface area contributed by atoms with Crippen molar-refractivity contribution in [2.24, 2.45) is 5.84 Å². The molecule has 1 aromatic rings. The number of rotatable bonds is 9. The summed E-state index contributed by atoms with van der Waals surface area (Å²) in [6.45, 7) is 1.26. The van der Waals surface area contributed by atoms with E-state index in [4.69, 9.17) is 20.1 Å². The fraction of sp³-hybridized carbons (Fsp3) is 0.556. The van der Waals surface area contributed by atoms with Gasteiger partial charge in [0.15, 0.2) is 0 Å². The third-order valence-corrected chi connectivity index (χ3v) is 1.96. The van der Waals surface area contributed by atoms with Crippen LogP contribution in [0.3, 0.4) is 0 Å². The number of hydrogen-bond donors (Lipinski definition) is 2. The van der Waals surface area contributed by atoms with E-state index in [1.165, 1.54) is 0 Å². The molecule has 0 fully saturated rings. The second-order valence-corrected chi connectivity index (χ2v) is 3.24. The largest absolute Gasteiger partial charge is 0.470 e. The molecule has 0 aliphatic carbocycles. The number of hydrogen-bond acceptors (Lipinski definition) is 9. The molecule has 3 N–H and O–H groups in total. The van der Waals surface area contributed by atoms with Crippen LogP contribution in [0.15, 0.2) is 6.20 Å². The van der Waals surface area contributed by atoms with Crippen molar-refractivity contribution in [3.63, 3.8) is 0 Å². The van der Waals surface area contributed by atoms with E-state index < -0.39 is 4.92 Å². The zero-order chi connectivity index (χ0) is 14.1. The van der Waals surface area contributed by atoms with Crippen molar-refractivity contribution in [2.75, 3.05) is 39.0 Å². The highest BCUT2D eigenvalue weighted by Crippen LogP contribution is 2.23. The Bertz CT molecular complexity index is 416. The van der Waals surface area contributed by atoms with Crippen LogP contribution in [0, 0.1) is 10.1 Å². The summed E-state index contributed by atoms with van der Waals surface area (Å²) in [6.07, 6.45) is 1.02. The van der Waals surface area contributed by atoms with Gasteiger partial charge in [-0.1, -0.05) is 0 Å². The fourth-order valence-electron chi connectivity index (χ4n) is 1.10. The first-order valence-corrected chi connectivity index (χ1v) is 5.36. The number of nitrogen functional groups attached to an aromatic ring is 1. The first kappa shape index (κ1) is 15.0. The summed E-state index contributed by atoms with van der Waals surface area (Å²) < 4.78 is 15.1. The van der Waals surface area contributed by atoms with E-state index in [0.29, 0.717) is 13.2 Å². The van der Waals surface area contributed by atoms with Gasteiger partial charge in [0.25, 0.3) is 5.88 Å². The molecule has 0 saturated carbocycles. The average molecular weight is 273 g/mol. The molecule has 0 saturated heterocycles. The molecule has 0 atom stereocenters. The van der Waals surface area contributed by atoms with Crippen LogP contribution >= 0.6 is 0 Å². The smallest absolute Gasteiger partial charge is 0.349 e. The highest BCUT2D eigenvalue weighted by Gasteiger charge is 2.18. The molecule has 1 aromatic heterocycles. The zero-order valence-electron chi connectivity index (χ0n) is 10.4. The van der Waals surface area contributed by atoms with Gasteiger partial charge in [0.2, 0.25) is 5.95 Å². The number of aromatic nitrogens is 2. The van der Waals surface area contributed by atoms with Gasteiger partial charge in [-0.2, -0.15) is 4.98 Å². The van der Waals surface area contributed by atoms with Gasteiger partial charge in [-0.25, -0.2) is 10.8 Å². The molecular formula is C9H15N5O5. The van der Waals surface area contributed by atoms with E-state index in [9.17, 15) is 10.1 Å². The van der Waals surface area contributed by atoms with E-state index >= 15 is 0 Å². The van der Waals surface area contributed by atoms with Gasteiger partial charge in [-0.05, 0) is 0 Å². The van der Waals surface area contributed by atoms with Crippen molar-refractivity contribution < 1.29 is 19.1 Å². The molecule has 0 aliphatic heterocycles. The van der Waals surface area contributed by atoms with Crippen LogP contribution in [0.2, 0.25) is 0 Å². The molecule has 10 nitrogen and oxygen atoms in total. The minimum atomic E-state index is -0.637. The van der Waals surface area contributed by atoms with Crippen molar-refractivity contribution in [3.8, 4) is 5.88 Å². The molecule has 10 heteroatoms. The molecule has 0 unspecified atom stereocenters. The Kier molecular flexibility index (Phi) is 6.43. The van der Waals surface area contributed by atoms with Crippen LogP contribution < -0.4 is 16.0 Å². The standard InChI is InChI=1S/C9H15N5O5/c1-17-2-3-18-4-5-19-8-7(14(15)16)6-11-9(12-8)13-10/h6H,2-5,10H2,1H3,(H,11,12,13). The van der Waals surface area contributed by atoms with E-state index in [1.54, 1.807) is 7.11 Å². The first-order chi connectivity index (χ1) is 9.19. The number of nitrogens with zero attached hydrogens (tertiary/aromatic N) is 3. The Labute approximate surface area is 109 Å². The van der Waals surface area contributed by atoms with Gasteiger partial charge in [0.1, 0.15) is 12.8 Å². The summed E-state index contributed by atoms with van der Waals surface area (Å²) in [7, 11) is 1.56. The van der Waals surface area contributed by atoms with Crippen molar-refractivity contribution >= 4 is 11.6 Å². The quantitative estimate of drug-likeness (QED) is 0.269. The van der Waals surface area contributed by atoms with Crippen LogP contribution in [-0.4, -0.2) is 48.4 Å². The number of nitro groups is 1. The summed E-state index contributed by atoms with van der Waals surface area (Å²) in [5.74, 6) is 4.98.